The van der Waals surface area contributed by atoms with Crippen LogP contribution in [-0.2, 0) is 27.5 Å². The van der Waals surface area contributed by atoms with Crippen molar-refractivity contribution in [2.75, 3.05) is 0 Å². The van der Waals surface area contributed by atoms with E-state index in [0.29, 0.717) is 42.8 Å². The van der Waals surface area contributed by atoms with Gasteiger partial charge < -0.3 is 16.0 Å². The van der Waals surface area contributed by atoms with Crippen molar-refractivity contribution in [3.8, 4) is 0 Å². The number of hydrogen-bond acceptors (Lipinski definition) is 8. The van der Waals surface area contributed by atoms with E-state index in [9.17, 15) is 19.2 Å². The zero-order valence-electron chi connectivity index (χ0n) is 22.2. The average Bonchev–Trinajstić information content (AvgIpc) is 3.63. The van der Waals surface area contributed by atoms with Crippen LogP contribution >= 0.6 is 0 Å². The Labute approximate surface area is 235 Å². The van der Waals surface area contributed by atoms with Crippen molar-refractivity contribution in [2.45, 2.75) is 50.9 Å². The van der Waals surface area contributed by atoms with Crippen LogP contribution in [0.4, 0.5) is 0 Å². The van der Waals surface area contributed by atoms with Gasteiger partial charge in [-0.2, -0.15) is 0 Å². The summed E-state index contributed by atoms with van der Waals surface area (Å²) in [5, 5.41) is 5.27. The molecule has 0 bridgehead atoms. The maximum Gasteiger partial charge on any atom is 0.255 e. The van der Waals surface area contributed by atoms with Gasteiger partial charge >= 0.3 is 0 Å². The van der Waals surface area contributed by atoms with E-state index < -0.39 is 11.9 Å². The van der Waals surface area contributed by atoms with E-state index in [1.54, 1.807) is 18.5 Å². The summed E-state index contributed by atoms with van der Waals surface area (Å²) in [6.07, 6.45) is 6.55. The number of nitrogens with two attached hydrogens (primary N) is 1. The monoisotopic (exact) mass is 551 g/mol. The lowest BCUT2D eigenvalue weighted by molar-refractivity contribution is -0.137. The first kappa shape index (κ1) is 26.3. The molecule has 41 heavy (non-hydrogen) atoms. The summed E-state index contributed by atoms with van der Waals surface area (Å²) < 4.78 is 0. The van der Waals surface area contributed by atoms with Crippen molar-refractivity contribution in [1.29, 1.82) is 0 Å². The molecule has 3 atom stereocenters. The maximum atomic E-state index is 12.9. The number of fused-ring (bicyclic) bond motifs is 2. The van der Waals surface area contributed by atoms with Gasteiger partial charge in [-0.3, -0.25) is 34.5 Å². The van der Waals surface area contributed by atoms with Crippen LogP contribution in [0.15, 0.2) is 59.9 Å². The van der Waals surface area contributed by atoms with Gasteiger partial charge in [0.2, 0.25) is 17.7 Å². The number of nitrogens with one attached hydrogen (secondary N) is 2. The van der Waals surface area contributed by atoms with Crippen molar-refractivity contribution in [1.82, 2.24) is 25.5 Å². The molecule has 0 spiro atoms. The number of nitrogens with zero attached hydrogens (tertiary/aromatic N) is 4. The number of aliphatic imine (C=N–C) groups is 1. The molecule has 11 nitrogen and oxygen atoms in total. The average molecular weight is 552 g/mol. The van der Waals surface area contributed by atoms with Crippen LogP contribution in [-0.4, -0.2) is 56.8 Å². The molecule has 4 N–H and O–H groups in total. The van der Waals surface area contributed by atoms with E-state index in [-0.39, 0.29) is 36.1 Å². The molecule has 2 aliphatic heterocycles. The summed E-state index contributed by atoms with van der Waals surface area (Å²) in [4.78, 5) is 64.4. The predicted molar refractivity (Wildman–Crippen MR) is 151 cm³/mol. The first-order chi connectivity index (χ1) is 19.9. The molecule has 3 aliphatic rings. The van der Waals surface area contributed by atoms with Crippen LogP contribution in [0.5, 0.6) is 0 Å². The van der Waals surface area contributed by atoms with Crippen LogP contribution in [0.2, 0.25) is 0 Å². The van der Waals surface area contributed by atoms with E-state index in [4.69, 9.17) is 5.73 Å². The van der Waals surface area contributed by atoms with Crippen LogP contribution in [0, 0.1) is 5.92 Å². The van der Waals surface area contributed by atoms with E-state index in [0.717, 1.165) is 28.6 Å². The minimum absolute atomic E-state index is 0.0494. The molecular weight excluding hydrogens is 522 g/mol. The van der Waals surface area contributed by atoms with Crippen molar-refractivity contribution >= 4 is 46.4 Å². The van der Waals surface area contributed by atoms with Gasteiger partial charge in [0.15, 0.2) is 0 Å². The first-order valence-corrected chi connectivity index (χ1v) is 13.6. The third-order valence-electron chi connectivity index (χ3n) is 7.74. The van der Waals surface area contributed by atoms with E-state index in [2.05, 4.69) is 25.6 Å². The Morgan fingerprint density at radius 2 is 2.00 bits per heavy atom. The molecule has 208 valence electrons. The largest absolute Gasteiger partial charge is 0.404 e. The number of benzene rings is 2. The van der Waals surface area contributed by atoms with Gasteiger partial charge in [0.25, 0.3) is 5.91 Å². The lowest BCUT2D eigenvalue weighted by Gasteiger charge is -2.29. The highest BCUT2D eigenvalue weighted by molar-refractivity contribution is 6.09. The second-order valence-electron chi connectivity index (χ2n) is 10.6. The van der Waals surface area contributed by atoms with Crippen LogP contribution in [0.1, 0.15) is 52.9 Å². The predicted octanol–water partition coefficient (Wildman–Crippen LogP) is 1.86. The topological polar surface area (TPSA) is 160 Å². The SMILES string of the molecule is NC=C(C=NC1CC1CC(=O)NCc1ccc2c(c1)CN(C1CCC(=O)NC1=O)C2=O)c1cnc2ccccc2n1. The van der Waals surface area contributed by atoms with E-state index in [1.165, 1.54) is 11.1 Å². The van der Waals surface area contributed by atoms with Gasteiger partial charge in [-0.15, -0.1) is 0 Å². The fraction of sp³-hybridized carbons (Fsp3) is 0.300. The molecule has 1 aromatic heterocycles. The molecule has 1 aliphatic carbocycles. The number of allylic oxidation sites excluding steroid dienone is 1. The summed E-state index contributed by atoms with van der Waals surface area (Å²) in [5.74, 6) is -0.871. The fourth-order valence-corrected chi connectivity index (χ4v) is 5.35. The number of aromatic nitrogens is 2. The molecule has 6 rings (SSSR count). The molecule has 4 amide bonds. The Kier molecular flexibility index (Phi) is 7.00. The fourth-order valence-electron chi connectivity index (χ4n) is 5.35. The molecule has 1 saturated heterocycles. The van der Waals surface area contributed by atoms with Gasteiger partial charge in [-0.25, -0.2) is 4.98 Å². The summed E-state index contributed by atoms with van der Waals surface area (Å²) in [5.41, 5.74) is 10.9. The number of rotatable bonds is 8. The third-order valence-corrected chi connectivity index (χ3v) is 7.74. The van der Waals surface area contributed by atoms with E-state index in [1.807, 2.05) is 36.4 Å². The molecule has 1 saturated carbocycles. The van der Waals surface area contributed by atoms with Crippen molar-refractivity contribution in [3.63, 3.8) is 0 Å². The molecule has 2 aromatic carbocycles. The molecule has 0 radical (unpaired) electrons. The molecule has 11 heteroatoms. The highest BCUT2D eigenvalue weighted by Gasteiger charge is 2.39. The normalized spacial score (nSPS) is 22.2. The van der Waals surface area contributed by atoms with Gasteiger partial charge in [0, 0.05) is 49.5 Å². The number of para-hydroxylation sites is 2. The van der Waals surface area contributed by atoms with Crippen molar-refractivity contribution in [2.24, 2.45) is 16.6 Å². The molecule has 3 unspecified atom stereocenters. The minimum Gasteiger partial charge on any atom is -0.404 e. The second-order valence-corrected chi connectivity index (χ2v) is 10.6. The quantitative estimate of drug-likeness (QED) is 0.285. The molecule has 3 heterocycles. The number of carbonyl (C=O) groups is 4. The second kappa shape index (κ2) is 10.9. The van der Waals surface area contributed by atoms with Gasteiger partial charge in [0.05, 0.1) is 29.0 Å². The van der Waals surface area contributed by atoms with E-state index >= 15 is 0 Å². The highest BCUT2D eigenvalue weighted by atomic mass is 16.2. The Balaban J connectivity index is 0.994. The highest BCUT2D eigenvalue weighted by Crippen LogP contribution is 2.37. The lowest BCUT2D eigenvalue weighted by atomic mass is 10.0. The zero-order chi connectivity index (χ0) is 28.5. The molecule has 3 aromatic rings. The Hall–Kier alpha value is -4.93. The van der Waals surface area contributed by atoms with Crippen molar-refractivity contribution < 1.29 is 19.2 Å². The van der Waals surface area contributed by atoms with Gasteiger partial charge in [0.1, 0.15) is 6.04 Å². The summed E-state index contributed by atoms with van der Waals surface area (Å²) in [6.45, 7) is 0.633. The summed E-state index contributed by atoms with van der Waals surface area (Å²) >= 11 is 0. The zero-order valence-corrected chi connectivity index (χ0v) is 22.2. The van der Waals surface area contributed by atoms with Crippen LogP contribution in [0.25, 0.3) is 16.6 Å². The van der Waals surface area contributed by atoms with Gasteiger partial charge in [-0.05, 0) is 48.1 Å². The number of hydrogen-bond donors (Lipinski definition) is 3. The summed E-state index contributed by atoms with van der Waals surface area (Å²) in [6, 6.07) is 12.4. The molecule has 2 fully saturated rings. The lowest BCUT2D eigenvalue weighted by Crippen LogP contribution is -2.52. The maximum absolute atomic E-state index is 12.9. The molecular formula is C30H29N7O4. The van der Waals surface area contributed by atoms with Crippen LogP contribution < -0.4 is 16.4 Å². The van der Waals surface area contributed by atoms with Crippen molar-refractivity contribution in [3.05, 3.63) is 77.2 Å². The third kappa shape index (κ3) is 5.56. The number of amides is 4. The Morgan fingerprint density at radius 3 is 2.80 bits per heavy atom. The number of carbonyl (C=O) groups excluding carboxylic acids is 4. The summed E-state index contributed by atoms with van der Waals surface area (Å²) in [7, 11) is 0. The van der Waals surface area contributed by atoms with Crippen LogP contribution in [0.3, 0.4) is 0 Å². The number of imide groups is 1. The standard InChI is InChI=1S/C30H29N7O4/c31-12-20(25-15-33-22-3-1-2-4-23(22)35-25)14-32-24-10-18(24)11-28(39)34-13-17-5-6-21-19(9-17)16-37(30(21)41)26-7-8-27(38)36-29(26)40/h1-6,9,12,14-15,18,24,26H,7-8,10-11,13,16,31H2,(H,34,39)(H,36,38,40). The minimum atomic E-state index is -0.651. The smallest absolute Gasteiger partial charge is 0.255 e. The number of piperidine rings is 1. The Bertz CT molecular complexity index is 1630. The Morgan fingerprint density at radius 1 is 1.17 bits per heavy atom. The van der Waals surface area contributed by atoms with Gasteiger partial charge in [-0.1, -0.05) is 24.3 Å². The first-order valence-electron chi connectivity index (χ1n) is 13.6.